The number of para-hydroxylation sites is 1. The molecule has 2 aromatic rings. The first-order valence-corrected chi connectivity index (χ1v) is 6.82. The molecule has 3 rings (SSSR count). The molecule has 0 bridgehead atoms. The summed E-state index contributed by atoms with van der Waals surface area (Å²) in [7, 11) is 1.82. The maximum absolute atomic E-state index is 12.3. The van der Waals surface area contributed by atoms with Crippen molar-refractivity contribution < 1.29 is 4.79 Å². The fraction of sp³-hybridized carbons (Fsp3) is 0.333. The zero-order valence-corrected chi connectivity index (χ0v) is 11.6. The molecule has 0 unspecified atom stereocenters. The summed E-state index contributed by atoms with van der Waals surface area (Å²) >= 11 is 0. The highest BCUT2D eigenvalue weighted by atomic mass is 16.2. The zero-order chi connectivity index (χ0) is 13.9. The molecule has 104 valence electrons. The first kappa shape index (κ1) is 12.7. The second-order valence-electron chi connectivity index (χ2n) is 5.02. The summed E-state index contributed by atoms with van der Waals surface area (Å²) in [4.78, 5) is 16.5. The SMILES string of the molecule is Cn1cc(C(=O)N2CCN(c3ccccc3)CC2)cn1. The molecule has 0 N–H and O–H groups in total. The minimum atomic E-state index is 0.0748. The highest BCUT2D eigenvalue weighted by Crippen LogP contribution is 2.16. The molecule has 0 spiro atoms. The molecule has 5 nitrogen and oxygen atoms in total. The topological polar surface area (TPSA) is 41.4 Å². The number of rotatable bonds is 2. The zero-order valence-electron chi connectivity index (χ0n) is 11.6. The lowest BCUT2D eigenvalue weighted by molar-refractivity contribution is 0.0746. The van der Waals surface area contributed by atoms with E-state index >= 15 is 0 Å². The van der Waals surface area contributed by atoms with Crippen molar-refractivity contribution in [3.8, 4) is 0 Å². The Morgan fingerprint density at radius 1 is 1.10 bits per heavy atom. The number of carbonyl (C=O) groups is 1. The smallest absolute Gasteiger partial charge is 0.257 e. The molecule has 1 aliphatic rings. The Morgan fingerprint density at radius 3 is 2.40 bits per heavy atom. The third kappa shape index (κ3) is 2.52. The third-order valence-corrected chi connectivity index (χ3v) is 3.64. The van der Waals surface area contributed by atoms with E-state index in [2.05, 4.69) is 22.1 Å². The van der Waals surface area contributed by atoms with Crippen molar-refractivity contribution in [1.29, 1.82) is 0 Å². The first-order chi connectivity index (χ1) is 9.74. The van der Waals surface area contributed by atoms with E-state index in [4.69, 9.17) is 0 Å². The van der Waals surface area contributed by atoms with E-state index in [9.17, 15) is 4.79 Å². The van der Waals surface area contributed by atoms with Crippen LogP contribution in [0.5, 0.6) is 0 Å². The number of nitrogens with zero attached hydrogens (tertiary/aromatic N) is 4. The van der Waals surface area contributed by atoms with E-state index in [0.717, 1.165) is 26.2 Å². The fourth-order valence-corrected chi connectivity index (χ4v) is 2.52. The number of hydrogen-bond acceptors (Lipinski definition) is 3. The number of hydrogen-bond donors (Lipinski definition) is 0. The molecule has 1 aliphatic heterocycles. The Labute approximate surface area is 118 Å². The number of amides is 1. The molecule has 20 heavy (non-hydrogen) atoms. The van der Waals surface area contributed by atoms with Gasteiger partial charge in [0.1, 0.15) is 0 Å². The molecule has 2 heterocycles. The van der Waals surface area contributed by atoms with Crippen molar-refractivity contribution in [2.75, 3.05) is 31.1 Å². The van der Waals surface area contributed by atoms with Crippen LogP contribution in [-0.2, 0) is 7.05 Å². The summed E-state index contributed by atoms with van der Waals surface area (Å²) in [6, 6.07) is 10.3. The Hall–Kier alpha value is -2.30. The van der Waals surface area contributed by atoms with Gasteiger partial charge in [0.05, 0.1) is 11.8 Å². The minimum Gasteiger partial charge on any atom is -0.368 e. The minimum absolute atomic E-state index is 0.0748. The van der Waals surface area contributed by atoms with E-state index in [1.165, 1.54) is 5.69 Å². The Bertz CT molecular complexity index is 585. The van der Waals surface area contributed by atoms with Gasteiger partial charge in [-0.1, -0.05) is 18.2 Å². The van der Waals surface area contributed by atoms with Gasteiger partial charge in [0, 0.05) is 45.1 Å². The predicted octanol–water partition coefficient (Wildman–Crippen LogP) is 1.38. The lowest BCUT2D eigenvalue weighted by Crippen LogP contribution is -2.48. The van der Waals surface area contributed by atoms with E-state index in [0.29, 0.717) is 5.56 Å². The molecular formula is C15H18N4O. The van der Waals surface area contributed by atoms with Crippen LogP contribution in [0.3, 0.4) is 0 Å². The number of piperazine rings is 1. The van der Waals surface area contributed by atoms with Crippen molar-refractivity contribution in [2.24, 2.45) is 7.05 Å². The van der Waals surface area contributed by atoms with Gasteiger partial charge < -0.3 is 9.80 Å². The summed E-state index contributed by atoms with van der Waals surface area (Å²) in [6.07, 6.45) is 3.40. The highest BCUT2D eigenvalue weighted by Gasteiger charge is 2.22. The van der Waals surface area contributed by atoms with Gasteiger partial charge in [0.2, 0.25) is 0 Å². The summed E-state index contributed by atoms with van der Waals surface area (Å²) in [6.45, 7) is 3.25. The molecule has 0 aliphatic carbocycles. The molecule has 1 fully saturated rings. The van der Waals surface area contributed by atoms with Crippen LogP contribution in [0.15, 0.2) is 42.7 Å². The van der Waals surface area contributed by atoms with Crippen molar-refractivity contribution in [1.82, 2.24) is 14.7 Å². The monoisotopic (exact) mass is 270 g/mol. The van der Waals surface area contributed by atoms with Crippen LogP contribution in [0.1, 0.15) is 10.4 Å². The van der Waals surface area contributed by atoms with E-state index in [1.807, 2.05) is 30.1 Å². The van der Waals surface area contributed by atoms with E-state index < -0.39 is 0 Å². The molecule has 1 amide bonds. The van der Waals surface area contributed by atoms with E-state index in [1.54, 1.807) is 17.1 Å². The van der Waals surface area contributed by atoms with Gasteiger partial charge in [-0.15, -0.1) is 0 Å². The quantitative estimate of drug-likeness (QED) is 0.828. The second-order valence-corrected chi connectivity index (χ2v) is 5.02. The molecule has 1 saturated heterocycles. The van der Waals surface area contributed by atoms with Gasteiger partial charge >= 0.3 is 0 Å². The lowest BCUT2D eigenvalue weighted by atomic mass is 10.2. The van der Waals surface area contributed by atoms with Gasteiger partial charge in [0.25, 0.3) is 5.91 Å². The van der Waals surface area contributed by atoms with Crippen LogP contribution in [0.25, 0.3) is 0 Å². The summed E-state index contributed by atoms with van der Waals surface area (Å²) in [5.74, 6) is 0.0748. The Morgan fingerprint density at radius 2 is 1.80 bits per heavy atom. The van der Waals surface area contributed by atoms with Crippen LogP contribution in [0, 0.1) is 0 Å². The van der Waals surface area contributed by atoms with Gasteiger partial charge in [-0.05, 0) is 12.1 Å². The normalized spacial score (nSPS) is 15.4. The molecule has 5 heteroatoms. The van der Waals surface area contributed by atoms with Crippen molar-refractivity contribution in [3.63, 3.8) is 0 Å². The lowest BCUT2D eigenvalue weighted by Gasteiger charge is -2.36. The summed E-state index contributed by atoms with van der Waals surface area (Å²) < 4.78 is 1.66. The van der Waals surface area contributed by atoms with Gasteiger partial charge in [-0.25, -0.2) is 0 Å². The van der Waals surface area contributed by atoms with Gasteiger partial charge in [-0.3, -0.25) is 9.48 Å². The number of aromatic nitrogens is 2. The second kappa shape index (κ2) is 5.36. The third-order valence-electron chi connectivity index (χ3n) is 3.64. The Balaban J connectivity index is 1.63. The fourth-order valence-electron chi connectivity index (χ4n) is 2.52. The molecular weight excluding hydrogens is 252 g/mol. The first-order valence-electron chi connectivity index (χ1n) is 6.82. The highest BCUT2D eigenvalue weighted by molar-refractivity contribution is 5.93. The van der Waals surface area contributed by atoms with Crippen molar-refractivity contribution in [3.05, 3.63) is 48.3 Å². The molecule has 1 aromatic heterocycles. The molecule has 0 saturated carbocycles. The summed E-state index contributed by atoms with van der Waals surface area (Å²) in [5, 5.41) is 4.05. The van der Waals surface area contributed by atoms with Gasteiger partial charge in [-0.2, -0.15) is 5.10 Å². The maximum Gasteiger partial charge on any atom is 0.257 e. The summed E-state index contributed by atoms with van der Waals surface area (Å²) in [5.41, 5.74) is 1.89. The van der Waals surface area contributed by atoms with Crippen LogP contribution in [-0.4, -0.2) is 46.8 Å². The molecule has 0 radical (unpaired) electrons. The number of aryl methyl sites for hydroxylation is 1. The standard InChI is InChI=1S/C15H18N4O/c1-17-12-13(11-16-17)15(20)19-9-7-18(8-10-19)14-5-3-2-4-6-14/h2-6,11-12H,7-10H2,1H3. The van der Waals surface area contributed by atoms with E-state index in [-0.39, 0.29) is 5.91 Å². The van der Waals surface area contributed by atoms with Crippen molar-refractivity contribution >= 4 is 11.6 Å². The number of benzene rings is 1. The number of anilines is 1. The Kier molecular flexibility index (Phi) is 3.41. The number of carbonyl (C=O) groups excluding carboxylic acids is 1. The van der Waals surface area contributed by atoms with Crippen LogP contribution in [0.4, 0.5) is 5.69 Å². The van der Waals surface area contributed by atoms with Gasteiger partial charge in [0.15, 0.2) is 0 Å². The van der Waals surface area contributed by atoms with Crippen LogP contribution in [0.2, 0.25) is 0 Å². The van der Waals surface area contributed by atoms with Crippen LogP contribution < -0.4 is 4.90 Å². The average molecular weight is 270 g/mol. The maximum atomic E-state index is 12.3. The largest absolute Gasteiger partial charge is 0.368 e. The average Bonchev–Trinajstić information content (AvgIpc) is 2.94. The van der Waals surface area contributed by atoms with Crippen molar-refractivity contribution in [2.45, 2.75) is 0 Å². The van der Waals surface area contributed by atoms with Crippen LogP contribution >= 0.6 is 0 Å². The molecule has 0 atom stereocenters. The predicted molar refractivity (Wildman–Crippen MR) is 77.8 cm³/mol. The molecule has 1 aromatic carbocycles.